The highest BCUT2D eigenvalue weighted by Gasteiger charge is 2.17. The van der Waals surface area contributed by atoms with Crippen molar-refractivity contribution in [2.24, 2.45) is 0 Å². The first kappa shape index (κ1) is 9.96. The van der Waals surface area contributed by atoms with Crippen molar-refractivity contribution < 1.29 is 5.11 Å². The van der Waals surface area contributed by atoms with Gasteiger partial charge in [-0.3, -0.25) is 0 Å². The van der Waals surface area contributed by atoms with E-state index in [1.165, 1.54) is 0 Å². The number of phenols is 1. The summed E-state index contributed by atoms with van der Waals surface area (Å²) in [6.07, 6.45) is 0. The van der Waals surface area contributed by atoms with Crippen LogP contribution in [0.3, 0.4) is 0 Å². The summed E-state index contributed by atoms with van der Waals surface area (Å²) in [5.74, 6) is 0.356. The number of aromatic hydroxyl groups is 1. The van der Waals surface area contributed by atoms with E-state index < -0.39 is 0 Å². The van der Waals surface area contributed by atoms with Crippen LogP contribution >= 0.6 is 15.9 Å². The molecule has 0 aromatic heterocycles. The number of phenolic OH excluding ortho intramolecular Hbond substituents is 1. The van der Waals surface area contributed by atoms with Gasteiger partial charge in [0.2, 0.25) is 0 Å². The molecular weight excluding hydrogens is 244 g/mol. The van der Waals surface area contributed by atoms with E-state index in [1.807, 2.05) is 12.1 Å². The van der Waals surface area contributed by atoms with Gasteiger partial charge in [-0.15, -0.1) is 0 Å². The van der Waals surface area contributed by atoms with Crippen molar-refractivity contribution in [3.8, 4) is 5.75 Å². The second-order valence-corrected chi connectivity index (χ2v) is 4.33. The second kappa shape index (κ2) is 4.29. The number of rotatable bonds is 1. The van der Waals surface area contributed by atoms with Gasteiger partial charge >= 0.3 is 0 Å². The van der Waals surface area contributed by atoms with E-state index in [9.17, 15) is 5.11 Å². The van der Waals surface area contributed by atoms with Gasteiger partial charge in [-0.2, -0.15) is 0 Å². The van der Waals surface area contributed by atoms with Crippen LogP contribution in [0.1, 0.15) is 11.6 Å². The van der Waals surface area contributed by atoms with Crippen LogP contribution in [0.25, 0.3) is 0 Å². The molecule has 3 N–H and O–H groups in total. The van der Waals surface area contributed by atoms with E-state index in [4.69, 9.17) is 0 Å². The summed E-state index contributed by atoms with van der Waals surface area (Å²) in [5.41, 5.74) is 0.951. The molecule has 0 saturated carbocycles. The SMILES string of the molecule is Oc1ccc(Br)cc1[C@@H]1CNCCN1. The van der Waals surface area contributed by atoms with Crippen LogP contribution in [0.15, 0.2) is 22.7 Å². The molecule has 2 rings (SSSR count). The summed E-state index contributed by atoms with van der Waals surface area (Å²) in [4.78, 5) is 0. The lowest BCUT2D eigenvalue weighted by Gasteiger charge is -2.25. The van der Waals surface area contributed by atoms with Crippen LogP contribution in [0.2, 0.25) is 0 Å². The molecule has 0 radical (unpaired) electrons. The Morgan fingerprint density at radius 3 is 2.93 bits per heavy atom. The van der Waals surface area contributed by atoms with E-state index >= 15 is 0 Å². The van der Waals surface area contributed by atoms with Crippen molar-refractivity contribution in [3.05, 3.63) is 28.2 Å². The molecule has 1 atom stereocenters. The highest BCUT2D eigenvalue weighted by Crippen LogP contribution is 2.27. The average molecular weight is 257 g/mol. The first-order valence-corrected chi connectivity index (χ1v) is 5.49. The molecule has 76 valence electrons. The molecule has 0 bridgehead atoms. The predicted octanol–water partition coefficient (Wildman–Crippen LogP) is 1.39. The van der Waals surface area contributed by atoms with Crippen LogP contribution in [-0.4, -0.2) is 24.7 Å². The second-order valence-electron chi connectivity index (χ2n) is 3.41. The fourth-order valence-corrected chi connectivity index (χ4v) is 2.06. The lowest BCUT2D eigenvalue weighted by molar-refractivity contribution is 0.404. The number of benzene rings is 1. The first-order valence-electron chi connectivity index (χ1n) is 4.70. The highest BCUT2D eigenvalue weighted by molar-refractivity contribution is 9.10. The van der Waals surface area contributed by atoms with Crippen molar-refractivity contribution in [1.82, 2.24) is 10.6 Å². The maximum absolute atomic E-state index is 9.70. The zero-order valence-corrected chi connectivity index (χ0v) is 9.34. The Balaban J connectivity index is 2.24. The minimum absolute atomic E-state index is 0.209. The Morgan fingerprint density at radius 2 is 2.21 bits per heavy atom. The van der Waals surface area contributed by atoms with Crippen LogP contribution < -0.4 is 10.6 Å². The third-order valence-corrected chi connectivity index (χ3v) is 2.90. The van der Waals surface area contributed by atoms with Gasteiger partial charge in [0.1, 0.15) is 5.75 Å². The maximum atomic E-state index is 9.70. The number of halogens is 1. The number of hydrogen-bond acceptors (Lipinski definition) is 3. The number of nitrogens with one attached hydrogen (secondary N) is 2. The van der Waals surface area contributed by atoms with Crippen LogP contribution in [0, 0.1) is 0 Å². The van der Waals surface area contributed by atoms with Gasteiger partial charge in [0, 0.05) is 35.7 Å². The smallest absolute Gasteiger partial charge is 0.120 e. The van der Waals surface area contributed by atoms with E-state index in [0.717, 1.165) is 29.7 Å². The molecule has 0 aliphatic carbocycles. The fraction of sp³-hybridized carbons (Fsp3) is 0.400. The minimum Gasteiger partial charge on any atom is -0.508 e. The maximum Gasteiger partial charge on any atom is 0.120 e. The monoisotopic (exact) mass is 256 g/mol. The lowest BCUT2D eigenvalue weighted by atomic mass is 10.0. The molecule has 1 aliphatic rings. The molecule has 0 amide bonds. The van der Waals surface area contributed by atoms with Crippen molar-refractivity contribution in [1.29, 1.82) is 0 Å². The van der Waals surface area contributed by atoms with E-state index in [1.54, 1.807) is 6.07 Å². The topological polar surface area (TPSA) is 44.3 Å². The van der Waals surface area contributed by atoms with Gasteiger partial charge in [-0.1, -0.05) is 15.9 Å². The summed E-state index contributed by atoms with van der Waals surface area (Å²) in [6, 6.07) is 5.73. The molecule has 0 unspecified atom stereocenters. The van der Waals surface area contributed by atoms with Gasteiger partial charge in [0.05, 0.1) is 0 Å². The molecule has 1 aromatic rings. The number of piperazine rings is 1. The summed E-state index contributed by atoms with van der Waals surface area (Å²) < 4.78 is 0.998. The molecule has 1 fully saturated rings. The molecule has 1 aliphatic heterocycles. The van der Waals surface area contributed by atoms with Crippen molar-refractivity contribution >= 4 is 15.9 Å². The molecule has 1 saturated heterocycles. The Labute approximate surface area is 91.6 Å². The largest absolute Gasteiger partial charge is 0.508 e. The Morgan fingerprint density at radius 1 is 1.36 bits per heavy atom. The van der Waals surface area contributed by atoms with Gasteiger partial charge in [0.25, 0.3) is 0 Å². The first-order chi connectivity index (χ1) is 6.77. The third-order valence-electron chi connectivity index (χ3n) is 2.41. The van der Waals surface area contributed by atoms with Gasteiger partial charge in [-0.25, -0.2) is 0 Å². The molecule has 3 nitrogen and oxygen atoms in total. The zero-order valence-electron chi connectivity index (χ0n) is 7.76. The molecule has 1 aromatic carbocycles. The van der Waals surface area contributed by atoms with Crippen LogP contribution in [0.4, 0.5) is 0 Å². The van der Waals surface area contributed by atoms with Crippen molar-refractivity contribution in [2.45, 2.75) is 6.04 Å². The highest BCUT2D eigenvalue weighted by atomic mass is 79.9. The average Bonchev–Trinajstić information content (AvgIpc) is 2.23. The van der Waals surface area contributed by atoms with Crippen molar-refractivity contribution in [2.75, 3.05) is 19.6 Å². The summed E-state index contributed by atoms with van der Waals surface area (Å²) in [7, 11) is 0. The minimum atomic E-state index is 0.209. The van der Waals surface area contributed by atoms with E-state index in [0.29, 0.717) is 5.75 Å². The predicted molar refractivity (Wildman–Crippen MR) is 59.4 cm³/mol. The molecule has 14 heavy (non-hydrogen) atoms. The number of hydrogen-bond donors (Lipinski definition) is 3. The van der Waals surface area contributed by atoms with E-state index in [2.05, 4.69) is 26.6 Å². The summed E-state index contributed by atoms with van der Waals surface area (Å²) in [6.45, 7) is 2.80. The van der Waals surface area contributed by atoms with Crippen LogP contribution in [0.5, 0.6) is 5.75 Å². The molecule has 0 spiro atoms. The Kier molecular flexibility index (Phi) is 3.05. The fourth-order valence-electron chi connectivity index (χ4n) is 1.68. The normalized spacial score (nSPS) is 22.2. The van der Waals surface area contributed by atoms with Crippen LogP contribution in [-0.2, 0) is 0 Å². The Bertz CT molecular complexity index is 324. The van der Waals surface area contributed by atoms with E-state index in [-0.39, 0.29) is 6.04 Å². The summed E-state index contributed by atoms with van der Waals surface area (Å²) in [5, 5.41) is 16.3. The molecule has 4 heteroatoms. The van der Waals surface area contributed by atoms with Gasteiger partial charge in [0.15, 0.2) is 0 Å². The van der Waals surface area contributed by atoms with Gasteiger partial charge < -0.3 is 15.7 Å². The zero-order chi connectivity index (χ0) is 9.97. The van der Waals surface area contributed by atoms with Crippen molar-refractivity contribution in [3.63, 3.8) is 0 Å². The van der Waals surface area contributed by atoms with Gasteiger partial charge in [-0.05, 0) is 18.2 Å². The Hall–Kier alpha value is -0.580. The lowest BCUT2D eigenvalue weighted by Crippen LogP contribution is -2.42. The quantitative estimate of drug-likeness (QED) is 0.712. The summed E-state index contributed by atoms with van der Waals surface area (Å²) >= 11 is 3.40. The standard InChI is InChI=1S/C10H13BrN2O/c11-7-1-2-10(14)8(5-7)9-6-12-3-4-13-9/h1-2,5,9,12-14H,3-4,6H2/t9-/m0/s1. The molecular formula is C10H13BrN2O. The third kappa shape index (κ3) is 2.08. The molecule has 1 heterocycles.